The Morgan fingerprint density at radius 3 is 2.70 bits per heavy atom. The van der Waals surface area contributed by atoms with Crippen LogP contribution in [0, 0.1) is 5.82 Å². The molecular formula is C16H15BrFNS. The third-order valence-electron chi connectivity index (χ3n) is 3.24. The highest BCUT2D eigenvalue weighted by atomic mass is 79.9. The lowest BCUT2D eigenvalue weighted by Gasteiger charge is -2.11. The zero-order chi connectivity index (χ0) is 13.9. The second kappa shape index (κ2) is 6.29. The minimum atomic E-state index is -0.165. The van der Waals surface area contributed by atoms with Crippen LogP contribution in [0.15, 0.2) is 56.7 Å². The van der Waals surface area contributed by atoms with Gasteiger partial charge in [-0.2, -0.15) is 0 Å². The molecule has 2 aromatic rings. The van der Waals surface area contributed by atoms with Crippen molar-refractivity contribution >= 4 is 27.7 Å². The van der Waals surface area contributed by atoms with Gasteiger partial charge in [0, 0.05) is 26.9 Å². The van der Waals surface area contributed by atoms with Crippen LogP contribution >= 0.6 is 27.7 Å². The summed E-state index contributed by atoms with van der Waals surface area (Å²) in [5.74, 6) is -0.165. The summed E-state index contributed by atoms with van der Waals surface area (Å²) in [5.41, 5.74) is 1.21. The van der Waals surface area contributed by atoms with Gasteiger partial charge in [0.25, 0.3) is 0 Å². The maximum Gasteiger partial charge on any atom is 0.137 e. The highest BCUT2D eigenvalue weighted by molar-refractivity contribution is 9.10. The van der Waals surface area contributed by atoms with Crippen LogP contribution in [-0.4, -0.2) is 6.04 Å². The van der Waals surface area contributed by atoms with Crippen molar-refractivity contribution in [3.63, 3.8) is 0 Å². The number of hydrogen-bond acceptors (Lipinski definition) is 2. The molecule has 0 heterocycles. The summed E-state index contributed by atoms with van der Waals surface area (Å²) in [6, 6.07) is 13.7. The SMILES string of the molecule is Fc1ccccc1Sc1ccc(Br)cc1CNC1CC1. The van der Waals surface area contributed by atoms with Gasteiger partial charge in [-0.25, -0.2) is 4.39 Å². The molecule has 0 aliphatic heterocycles. The second-order valence-corrected chi connectivity index (χ2v) is 6.94. The molecule has 1 saturated carbocycles. The standard InChI is InChI=1S/C16H15BrFNS/c17-12-5-8-15(11(9-12)10-19-13-6-7-13)20-16-4-2-1-3-14(16)18/h1-5,8-9,13,19H,6-7,10H2. The Labute approximate surface area is 131 Å². The van der Waals surface area contributed by atoms with Gasteiger partial charge in [-0.3, -0.25) is 0 Å². The van der Waals surface area contributed by atoms with E-state index in [0.29, 0.717) is 10.9 Å². The fourth-order valence-corrected chi connectivity index (χ4v) is 3.33. The van der Waals surface area contributed by atoms with E-state index in [0.717, 1.165) is 15.9 Å². The molecule has 0 radical (unpaired) electrons. The maximum absolute atomic E-state index is 13.8. The predicted molar refractivity (Wildman–Crippen MR) is 84.5 cm³/mol. The Kier molecular flexibility index (Phi) is 4.44. The lowest BCUT2D eigenvalue weighted by atomic mass is 10.2. The van der Waals surface area contributed by atoms with Gasteiger partial charge in [-0.15, -0.1) is 0 Å². The summed E-state index contributed by atoms with van der Waals surface area (Å²) in [7, 11) is 0. The van der Waals surface area contributed by atoms with E-state index in [-0.39, 0.29) is 5.82 Å². The highest BCUT2D eigenvalue weighted by Crippen LogP contribution is 2.34. The van der Waals surface area contributed by atoms with Crippen molar-refractivity contribution in [2.24, 2.45) is 0 Å². The van der Waals surface area contributed by atoms with Gasteiger partial charge in [-0.1, -0.05) is 39.8 Å². The number of hydrogen-bond donors (Lipinski definition) is 1. The number of halogens is 2. The summed E-state index contributed by atoms with van der Waals surface area (Å²) in [4.78, 5) is 1.77. The third kappa shape index (κ3) is 3.62. The molecule has 0 bridgehead atoms. The fraction of sp³-hybridized carbons (Fsp3) is 0.250. The van der Waals surface area contributed by atoms with Crippen LogP contribution in [0.4, 0.5) is 4.39 Å². The molecule has 3 rings (SSSR count). The highest BCUT2D eigenvalue weighted by Gasteiger charge is 2.20. The van der Waals surface area contributed by atoms with Crippen molar-refractivity contribution in [1.82, 2.24) is 5.32 Å². The Morgan fingerprint density at radius 2 is 1.95 bits per heavy atom. The summed E-state index contributed by atoms with van der Waals surface area (Å²) in [6.07, 6.45) is 2.54. The van der Waals surface area contributed by atoms with E-state index < -0.39 is 0 Å². The molecule has 1 nitrogen and oxygen atoms in total. The lowest BCUT2D eigenvalue weighted by Crippen LogP contribution is -2.15. The van der Waals surface area contributed by atoms with Crippen LogP contribution in [0.3, 0.4) is 0 Å². The molecule has 4 heteroatoms. The molecule has 0 saturated heterocycles. The van der Waals surface area contributed by atoms with E-state index >= 15 is 0 Å². The second-order valence-electron chi connectivity index (χ2n) is 4.94. The van der Waals surface area contributed by atoms with Gasteiger partial charge in [-0.05, 0) is 48.7 Å². The first kappa shape index (κ1) is 14.1. The molecule has 20 heavy (non-hydrogen) atoms. The van der Waals surface area contributed by atoms with Gasteiger partial charge in [0.2, 0.25) is 0 Å². The molecule has 1 fully saturated rings. The molecule has 2 aromatic carbocycles. The Balaban J connectivity index is 1.82. The molecule has 104 valence electrons. The number of nitrogens with one attached hydrogen (secondary N) is 1. The van der Waals surface area contributed by atoms with Crippen molar-refractivity contribution < 1.29 is 4.39 Å². The van der Waals surface area contributed by atoms with Crippen LogP contribution in [0.1, 0.15) is 18.4 Å². The summed E-state index contributed by atoms with van der Waals surface area (Å²) in [5, 5.41) is 3.51. The zero-order valence-electron chi connectivity index (χ0n) is 10.9. The van der Waals surface area contributed by atoms with Gasteiger partial charge in [0.05, 0.1) is 0 Å². The van der Waals surface area contributed by atoms with Gasteiger partial charge >= 0.3 is 0 Å². The van der Waals surface area contributed by atoms with Crippen LogP contribution in [-0.2, 0) is 6.54 Å². The minimum absolute atomic E-state index is 0.165. The van der Waals surface area contributed by atoms with E-state index in [1.807, 2.05) is 24.3 Å². The first-order valence-electron chi connectivity index (χ1n) is 6.66. The largest absolute Gasteiger partial charge is 0.310 e. The van der Waals surface area contributed by atoms with E-state index in [1.165, 1.54) is 36.2 Å². The fourth-order valence-electron chi connectivity index (χ4n) is 1.97. The first-order valence-corrected chi connectivity index (χ1v) is 8.27. The Bertz CT molecular complexity index is 613. The summed E-state index contributed by atoms with van der Waals surface area (Å²) in [6.45, 7) is 0.834. The molecule has 0 aromatic heterocycles. The molecule has 1 aliphatic carbocycles. The molecule has 0 unspecified atom stereocenters. The normalized spacial score (nSPS) is 14.5. The quantitative estimate of drug-likeness (QED) is 0.814. The average Bonchev–Trinajstić information content (AvgIpc) is 3.25. The molecule has 1 aliphatic rings. The molecule has 0 amide bonds. The van der Waals surface area contributed by atoms with Crippen LogP contribution < -0.4 is 5.32 Å². The lowest BCUT2D eigenvalue weighted by molar-refractivity contribution is 0.602. The Hall–Kier alpha value is -0.840. The molecule has 1 N–H and O–H groups in total. The van der Waals surface area contributed by atoms with E-state index in [9.17, 15) is 4.39 Å². The van der Waals surface area contributed by atoms with Gasteiger partial charge in [0.15, 0.2) is 0 Å². The molecule has 0 spiro atoms. The third-order valence-corrected chi connectivity index (χ3v) is 4.90. The van der Waals surface area contributed by atoms with Crippen molar-refractivity contribution in [3.05, 3.63) is 58.3 Å². The maximum atomic E-state index is 13.8. The van der Waals surface area contributed by atoms with E-state index in [1.54, 1.807) is 6.07 Å². The van der Waals surface area contributed by atoms with Crippen LogP contribution in [0.25, 0.3) is 0 Å². The molecular weight excluding hydrogens is 337 g/mol. The minimum Gasteiger partial charge on any atom is -0.310 e. The number of benzene rings is 2. The van der Waals surface area contributed by atoms with Crippen molar-refractivity contribution in [2.75, 3.05) is 0 Å². The smallest absolute Gasteiger partial charge is 0.137 e. The number of rotatable bonds is 5. The van der Waals surface area contributed by atoms with Crippen LogP contribution in [0.2, 0.25) is 0 Å². The van der Waals surface area contributed by atoms with Gasteiger partial charge < -0.3 is 5.32 Å². The van der Waals surface area contributed by atoms with Gasteiger partial charge in [0.1, 0.15) is 5.82 Å². The van der Waals surface area contributed by atoms with Crippen molar-refractivity contribution in [2.45, 2.75) is 35.2 Å². The van der Waals surface area contributed by atoms with E-state index in [4.69, 9.17) is 0 Å². The van der Waals surface area contributed by atoms with E-state index in [2.05, 4.69) is 27.3 Å². The topological polar surface area (TPSA) is 12.0 Å². The summed E-state index contributed by atoms with van der Waals surface area (Å²) < 4.78 is 14.8. The van der Waals surface area contributed by atoms with Crippen molar-refractivity contribution in [1.29, 1.82) is 0 Å². The average molecular weight is 352 g/mol. The van der Waals surface area contributed by atoms with Crippen LogP contribution in [0.5, 0.6) is 0 Å². The predicted octanol–water partition coefficient (Wildman–Crippen LogP) is 4.99. The Morgan fingerprint density at radius 1 is 1.15 bits per heavy atom. The monoisotopic (exact) mass is 351 g/mol. The zero-order valence-corrected chi connectivity index (χ0v) is 13.3. The summed E-state index contributed by atoms with van der Waals surface area (Å²) >= 11 is 4.99. The van der Waals surface area contributed by atoms with Crippen molar-refractivity contribution in [3.8, 4) is 0 Å². The molecule has 0 atom stereocenters. The first-order chi connectivity index (χ1) is 9.72.